The molecule has 2 amide bonds. The number of hydrogen-bond acceptors (Lipinski definition) is 5. The lowest BCUT2D eigenvalue weighted by Crippen LogP contribution is -2.24. The number of aryl methyl sites for hydroxylation is 1. The van der Waals surface area contributed by atoms with Gasteiger partial charge < -0.3 is 24.8 Å². The zero-order valence-electron chi connectivity index (χ0n) is 17.0. The van der Waals surface area contributed by atoms with Crippen LogP contribution in [0.1, 0.15) is 12.0 Å². The van der Waals surface area contributed by atoms with E-state index in [0.717, 1.165) is 0 Å². The molecule has 2 rings (SSSR count). The molecule has 10 heteroatoms. The Morgan fingerprint density at radius 2 is 1.77 bits per heavy atom. The molecule has 0 spiro atoms. The van der Waals surface area contributed by atoms with Gasteiger partial charge in [0.25, 0.3) is 5.91 Å². The summed E-state index contributed by atoms with van der Waals surface area (Å²) in [5.74, 6) is 0.0183. The highest BCUT2D eigenvalue weighted by Crippen LogP contribution is 2.30. The molecule has 0 saturated heterocycles. The van der Waals surface area contributed by atoms with Gasteiger partial charge >= 0.3 is 6.18 Å². The largest absolute Gasteiger partial charge is 0.493 e. The maximum atomic E-state index is 12.3. The molecule has 31 heavy (non-hydrogen) atoms. The molecule has 0 bridgehead atoms. The molecule has 0 radical (unpaired) electrons. The lowest BCUT2D eigenvalue weighted by Gasteiger charge is -2.13. The first-order valence-corrected chi connectivity index (χ1v) is 9.30. The summed E-state index contributed by atoms with van der Waals surface area (Å²) in [6.45, 7) is -1.56. The minimum Gasteiger partial charge on any atom is -0.493 e. The second-order valence-corrected chi connectivity index (χ2v) is 6.43. The van der Waals surface area contributed by atoms with E-state index >= 15 is 0 Å². The number of hydrogen-bond donors (Lipinski definition) is 2. The van der Waals surface area contributed by atoms with Gasteiger partial charge in [-0.05, 0) is 36.2 Å². The molecular weight excluding hydrogens is 417 g/mol. The predicted molar refractivity (Wildman–Crippen MR) is 107 cm³/mol. The fraction of sp³-hybridized carbons (Fsp3) is 0.333. The Morgan fingerprint density at radius 3 is 2.45 bits per heavy atom. The highest BCUT2D eigenvalue weighted by atomic mass is 19.4. The van der Waals surface area contributed by atoms with Crippen LogP contribution in [0, 0.1) is 0 Å². The summed E-state index contributed by atoms with van der Waals surface area (Å²) in [5, 5.41) is 5.17. The van der Waals surface area contributed by atoms with Crippen molar-refractivity contribution in [3.05, 3.63) is 48.0 Å². The van der Waals surface area contributed by atoms with Gasteiger partial charge in [0.2, 0.25) is 5.91 Å². The third kappa shape index (κ3) is 8.45. The lowest BCUT2D eigenvalue weighted by atomic mass is 10.1. The van der Waals surface area contributed by atoms with Crippen LogP contribution in [0.4, 0.5) is 18.9 Å². The zero-order chi connectivity index (χ0) is 22.9. The quantitative estimate of drug-likeness (QED) is 0.592. The normalized spacial score (nSPS) is 10.9. The minimum absolute atomic E-state index is 0.0263. The number of alkyl halides is 3. The van der Waals surface area contributed by atoms with Gasteiger partial charge in [-0.3, -0.25) is 9.59 Å². The highest BCUT2D eigenvalue weighted by Gasteiger charge is 2.29. The van der Waals surface area contributed by atoms with Crippen molar-refractivity contribution in [2.24, 2.45) is 0 Å². The van der Waals surface area contributed by atoms with Gasteiger partial charge in [-0.15, -0.1) is 0 Å². The van der Waals surface area contributed by atoms with Crippen molar-refractivity contribution in [1.82, 2.24) is 5.32 Å². The van der Waals surface area contributed by atoms with E-state index in [1.165, 1.54) is 26.3 Å². The summed E-state index contributed by atoms with van der Waals surface area (Å²) in [7, 11) is 2.83. The van der Waals surface area contributed by atoms with Gasteiger partial charge in [-0.2, -0.15) is 13.2 Å². The van der Waals surface area contributed by atoms with Gasteiger partial charge in [0, 0.05) is 25.2 Å². The van der Waals surface area contributed by atoms with E-state index < -0.39 is 12.8 Å². The number of anilines is 1. The number of methoxy groups -OCH3 is 1. The Hall–Kier alpha value is -3.43. The van der Waals surface area contributed by atoms with Crippen LogP contribution in [0.5, 0.6) is 17.2 Å². The number of ether oxygens (including phenoxy) is 3. The van der Waals surface area contributed by atoms with E-state index in [0.29, 0.717) is 23.4 Å². The molecule has 2 N–H and O–H groups in total. The van der Waals surface area contributed by atoms with Crippen LogP contribution in [0.3, 0.4) is 0 Å². The molecule has 0 aliphatic carbocycles. The smallest absolute Gasteiger partial charge is 0.422 e. The average molecular weight is 440 g/mol. The molecule has 0 aliphatic heterocycles. The van der Waals surface area contributed by atoms with Gasteiger partial charge in [0.15, 0.2) is 24.7 Å². The molecule has 0 aliphatic rings. The molecule has 0 unspecified atom stereocenters. The first kappa shape index (κ1) is 23.8. The van der Waals surface area contributed by atoms with Crippen LogP contribution >= 0.6 is 0 Å². The number of nitrogens with one attached hydrogen (secondary N) is 2. The van der Waals surface area contributed by atoms with E-state index in [-0.39, 0.29) is 36.3 Å². The summed E-state index contributed by atoms with van der Waals surface area (Å²) in [6.07, 6.45) is -3.98. The molecule has 7 nitrogen and oxygen atoms in total. The molecule has 0 heterocycles. The van der Waals surface area contributed by atoms with Crippen LogP contribution in [0.25, 0.3) is 0 Å². The first-order chi connectivity index (χ1) is 14.7. The molecule has 0 aromatic heterocycles. The maximum Gasteiger partial charge on any atom is 0.422 e. The predicted octanol–water partition coefficient (Wildman–Crippen LogP) is 3.33. The number of likely N-dealkylation sites (N-methyl/N-ethyl adjacent to an activating group) is 1. The van der Waals surface area contributed by atoms with E-state index in [2.05, 4.69) is 10.6 Å². The van der Waals surface area contributed by atoms with Gasteiger partial charge in [0.05, 0.1) is 7.11 Å². The Kier molecular flexibility index (Phi) is 8.53. The van der Waals surface area contributed by atoms with E-state index in [1.54, 1.807) is 30.3 Å². The van der Waals surface area contributed by atoms with Gasteiger partial charge in [-0.1, -0.05) is 12.1 Å². The summed E-state index contributed by atoms with van der Waals surface area (Å²) >= 11 is 0. The average Bonchev–Trinajstić information content (AvgIpc) is 2.74. The topological polar surface area (TPSA) is 85.9 Å². The number of rotatable bonds is 10. The lowest BCUT2D eigenvalue weighted by molar-refractivity contribution is -0.153. The maximum absolute atomic E-state index is 12.3. The van der Waals surface area contributed by atoms with Crippen LogP contribution in [0.15, 0.2) is 42.5 Å². The number of halogens is 3. The van der Waals surface area contributed by atoms with E-state index in [1.807, 2.05) is 0 Å². The van der Waals surface area contributed by atoms with Crippen LogP contribution in [-0.4, -0.2) is 45.4 Å². The monoisotopic (exact) mass is 440 g/mol. The molecule has 0 saturated carbocycles. The summed E-state index contributed by atoms with van der Waals surface area (Å²) < 4.78 is 52.1. The number of amides is 2. The van der Waals surface area contributed by atoms with Crippen molar-refractivity contribution in [2.75, 3.05) is 32.7 Å². The number of carbonyl (C=O) groups excluding carboxylic acids is 2. The summed E-state index contributed by atoms with van der Waals surface area (Å²) in [4.78, 5) is 23.5. The zero-order valence-corrected chi connectivity index (χ0v) is 17.0. The van der Waals surface area contributed by atoms with Crippen molar-refractivity contribution >= 4 is 17.5 Å². The summed E-state index contributed by atoms with van der Waals surface area (Å²) in [6, 6.07) is 11.1. The molecule has 0 fully saturated rings. The van der Waals surface area contributed by atoms with Crippen molar-refractivity contribution in [3.63, 3.8) is 0 Å². The van der Waals surface area contributed by atoms with Crippen molar-refractivity contribution in [1.29, 1.82) is 0 Å². The Bertz CT molecular complexity index is 903. The highest BCUT2D eigenvalue weighted by molar-refractivity contribution is 5.91. The second-order valence-electron chi connectivity index (χ2n) is 6.43. The Morgan fingerprint density at radius 1 is 1.00 bits per heavy atom. The van der Waals surface area contributed by atoms with Crippen molar-refractivity contribution in [3.8, 4) is 17.2 Å². The molecule has 2 aromatic carbocycles. The van der Waals surface area contributed by atoms with Crippen molar-refractivity contribution < 1.29 is 37.0 Å². The molecule has 0 atom stereocenters. The fourth-order valence-corrected chi connectivity index (χ4v) is 2.51. The van der Waals surface area contributed by atoms with Gasteiger partial charge in [0.1, 0.15) is 5.75 Å². The summed E-state index contributed by atoms with van der Waals surface area (Å²) in [5.41, 5.74) is 1.21. The molecule has 168 valence electrons. The van der Waals surface area contributed by atoms with E-state index in [4.69, 9.17) is 14.2 Å². The van der Waals surface area contributed by atoms with Crippen LogP contribution in [0.2, 0.25) is 0 Å². The standard InChI is InChI=1S/C21H23F3N2O5/c1-25-20(28)12-30-16-5-3-4-15(11-16)26-19(27)9-7-14-6-8-17(18(10-14)29-2)31-13-21(22,23)24/h3-6,8,10-11H,7,9,12-13H2,1-2H3,(H,25,28)(H,26,27). The van der Waals surface area contributed by atoms with Crippen LogP contribution < -0.4 is 24.8 Å². The van der Waals surface area contributed by atoms with Crippen LogP contribution in [-0.2, 0) is 16.0 Å². The van der Waals surface area contributed by atoms with E-state index in [9.17, 15) is 22.8 Å². The number of carbonyl (C=O) groups is 2. The SMILES string of the molecule is CNC(=O)COc1cccc(NC(=O)CCc2ccc(OCC(F)(F)F)c(OC)c2)c1. The fourth-order valence-electron chi connectivity index (χ4n) is 2.51. The minimum atomic E-state index is -4.45. The second kappa shape index (κ2) is 11.1. The first-order valence-electron chi connectivity index (χ1n) is 9.30. The van der Waals surface area contributed by atoms with Gasteiger partial charge in [-0.25, -0.2) is 0 Å². The third-order valence-electron chi connectivity index (χ3n) is 4.03. The Balaban J connectivity index is 1.90. The van der Waals surface area contributed by atoms with Crippen molar-refractivity contribution in [2.45, 2.75) is 19.0 Å². The molecular formula is C21H23F3N2O5. The number of benzene rings is 2. The Labute approximate surface area is 177 Å². The molecule has 2 aromatic rings. The third-order valence-corrected chi connectivity index (χ3v) is 4.03.